The third kappa shape index (κ3) is 2.09. The van der Waals surface area contributed by atoms with Crippen LogP contribution in [0.1, 0.15) is 11.3 Å². The number of pyridine rings is 1. The molecule has 1 aromatic carbocycles. The number of fused-ring (bicyclic) bond motifs is 1. The van der Waals surface area contributed by atoms with Crippen LogP contribution < -0.4 is 11.1 Å². The van der Waals surface area contributed by atoms with E-state index in [1.54, 1.807) is 13.0 Å². The van der Waals surface area contributed by atoms with Crippen LogP contribution in [-0.2, 0) is 0 Å². The molecule has 0 radical (unpaired) electrons. The standard InChI is InChI=1S/C16H10FN3O2/c1-8-6-12-14(16(21)20-8)13(11(7-18)15(19)22-12)9-2-4-10(17)5-3-9/h2-6,19H,1H3,(H,20,21). The molecule has 2 heterocycles. The Morgan fingerprint density at radius 3 is 2.64 bits per heavy atom. The highest BCUT2D eigenvalue weighted by Crippen LogP contribution is 2.28. The number of aromatic amines is 1. The van der Waals surface area contributed by atoms with Gasteiger partial charge in [-0.3, -0.25) is 10.2 Å². The Balaban J connectivity index is 2.56. The molecule has 3 rings (SSSR count). The number of nitriles is 1. The second kappa shape index (κ2) is 4.97. The SMILES string of the molecule is Cc1cc2oc(=N)c(C#N)c(-c3ccc(F)cc3)c2c(=O)[nH]1. The van der Waals surface area contributed by atoms with Crippen LogP contribution in [0.4, 0.5) is 4.39 Å². The van der Waals surface area contributed by atoms with Crippen molar-refractivity contribution in [3.8, 4) is 17.2 Å². The lowest BCUT2D eigenvalue weighted by atomic mass is 9.98. The van der Waals surface area contributed by atoms with E-state index in [9.17, 15) is 14.4 Å². The molecule has 6 heteroatoms. The molecular formula is C16H10FN3O2. The normalized spacial score (nSPS) is 10.6. The summed E-state index contributed by atoms with van der Waals surface area (Å²) in [5, 5.41) is 17.3. The van der Waals surface area contributed by atoms with Crippen molar-refractivity contribution in [2.75, 3.05) is 0 Å². The fourth-order valence-electron chi connectivity index (χ4n) is 2.39. The van der Waals surface area contributed by atoms with Gasteiger partial charge in [0, 0.05) is 17.3 Å². The van der Waals surface area contributed by atoms with Crippen LogP contribution in [0.2, 0.25) is 0 Å². The third-order valence-electron chi connectivity index (χ3n) is 3.32. The minimum Gasteiger partial charge on any atom is -0.437 e. The maximum atomic E-state index is 13.1. The molecule has 0 unspecified atom stereocenters. The summed E-state index contributed by atoms with van der Waals surface area (Å²) in [5.74, 6) is -0.428. The van der Waals surface area contributed by atoms with Gasteiger partial charge in [0.2, 0.25) is 5.55 Å². The summed E-state index contributed by atoms with van der Waals surface area (Å²) < 4.78 is 18.4. The molecular weight excluding hydrogens is 285 g/mol. The summed E-state index contributed by atoms with van der Waals surface area (Å²) >= 11 is 0. The largest absolute Gasteiger partial charge is 0.437 e. The van der Waals surface area contributed by atoms with Crippen molar-refractivity contribution >= 4 is 11.0 Å². The number of halogens is 1. The highest BCUT2D eigenvalue weighted by atomic mass is 19.1. The van der Waals surface area contributed by atoms with Crippen molar-refractivity contribution in [3.63, 3.8) is 0 Å². The predicted octanol–water partition coefficient (Wildman–Crippen LogP) is 2.59. The average Bonchev–Trinajstić information content (AvgIpc) is 2.46. The molecule has 108 valence electrons. The molecule has 0 aliphatic carbocycles. The Hall–Kier alpha value is -3.20. The van der Waals surface area contributed by atoms with Crippen molar-refractivity contribution < 1.29 is 8.81 Å². The molecule has 0 aliphatic heterocycles. The van der Waals surface area contributed by atoms with Gasteiger partial charge in [-0.05, 0) is 24.6 Å². The Bertz CT molecular complexity index is 1040. The number of H-pyrrole nitrogens is 1. The molecule has 0 amide bonds. The molecule has 0 saturated heterocycles. The van der Waals surface area contributed by atoms with E-state index in [1.165, 1.54) is 24.3 Å². The van der Waals surface area contributed by atoms with Gasteiger partial charge in [0.25, 0.3) is 5.56 Å². The molecule has 0 aliphatic rings. The maximum absolute atomic E-state index is 13.1. The average molecular weight is 295 g/mol. The second-order valence-electron chi connectivity index (χ2n) is 4.82. The van der Waals surface area contributed by atoms with E-state index >= 15 is 0 Å². The van der Waals surface area contributed by atoms with Gasteiger partial charge in [0.05, 0.1) is 5.39 Å². The van der Waals surface area contributed by atoms with Gasteiger partial charge in [-0.25, -0.2) is 4.39 Å². The zero-order valence-electron chi connectivity index (χ0n) is 11.5. The molecule has 0 fully saturated rings. The second-order valence-corrected chi connectivity index (χ2v) is 4.82. The van der Waals surface area contributed by atoms with Crippen molar-refractivity contribution in [2.45, 2.75) is 6.92 Å². The first-order chi connectivity index (χ1) is 10.5. The molecule has 22 heavy (non-hydrogen) atoms. The number of nitrogens with one attached hydrogen (secondary N) is 2. The Morgan fingerprint density at radius 2 is 2.00 bits per heavy atom. The molecule has 0 atom stereocenters. The molecule has 0 spiro atoms. The molecule has 2 N–H and O–H groups in total. The number of aryl methyl sites for hydroxylation is 1. The summed E-state index contributed by atoms with van der Waals surface area (Å²) in [6, 6.07) is 8.86. The van der Waals surface area contributed by atoms with E-state index in [-0.39, 0.29) is 27.7 Å². The van der Waals surface area contributed by atoms with E-state index in [2.05, 4.69) is 4.98 Å². The van der Waals surface area contributed by atoms with Gasteiger partial charge < -0.3 is 9.40 Å². The van der Waals surface area contributed by atoms with Crippen LogP contribution in [0.3, 0.4) is 0 Å². The van der Waals surface area contributed by atoms with Gasteiger partial charge in [0.15, 0.2) is 0 Å². The highest BCUT2D eigenvalue weighted by Gasteiger charge is 2.17. The summed E-state index contributed by atoms with van der Waals surface area (Å²) in [6.07, 6.45) is 0. The van der Waals surface area contributed by atoms with Crippen LogP contribution in [0, 0.1) is 29.5 Å². The third-order valence-corrected chi connectivity index (χ3v) is 3.32. The Labute approximate surface area is 123 Å². The summed E-state index contributed by atoms with van der Waals surface area (Å²) in [7, 11) is 0. The monoisotopic (exact) mass is 295 g/mol. The first-order valence-corrected chi connectivity index (χ1v) is 6.42. The lowest BCUT2D eigenvalue weighted by molar-refractivity contribution is 0.530. The Morgan fingerprint density at radius 1 is 1.32 bits per heavy atom. The zero-order chi connectivity index (χ0) is 15.9. The van der Waals surface area contributed by atoms with E-state index in [0.717, 1.165) is 0 Å². The number of benzene rings is 1. The van der Waals surface area contributed by atoms with Crippen molar-refractivity contribution in [1.82, 2.24) is 4.98 Å². The van der Waals surface area contributed by atoms with Gasteiger partial charge in [-0.15, -0.1) is 0 Å². The van der Waals surface area contributed by atoms with Crippen molar-refractivity contribution in [1.29, 1.82) is 10.7 Å². The van der Waals surface area contributed by atoms with E-state index in [1.807, 2.05) is 6.07 Å². The summed E-state index contributed by atoms with van der Waals surface area (Å²) in [6.45, 7) is 1.69. The lowest BCUT2D eigenvalue weighted by Crippen LogP contribution is -2.14. The van der Waals surface area contributed by atoms with E-state index in [0.29, 0.717) is 11.3 Å². The molecule has 0 bridgehead atoms. The minimum atomic E-state index is -0.428. The molecule has 3 aromatic rings. The number of rotatable bonds is 1. The van der Waals surface area contributed by atoms with Crippen LogP contribution >= 0.6 is 0 Å². The van der Waals surface area contributed by atoms with E-state index in [4.69, 9.17) is 9.83 Å². The summed E-state index contributed by atoms with van der Waals surface area (Å²) in [4.78, 5) is 14.9. The number of hydrogen-bond donors (Lipinski definition) is 2. The number of aromatic nitrogens is 1. The predicted molar refractivity (Wildman–Crippen MR) is 77.5 cm³/mol. The maximum Gasteiger partial charge on any atom is 0.259 e. The quantitative estimate of drug-likeness (QED) is 0.722. The van der Waals surface area contributed by atoms with Crippen molar-refractivity contribution in [2.24, 2.45) is 0 Å². The molecule has 5 nitrogen and oxygen atoms in total. The number of hydrogen-bond acceptors (Lipinski definition) is 4. The zero-order valence-corrected chi connectivity index (χ0v) is 11.5. The lowest BCUT2D eigenvalue weighted by Gasteiger charge is -2.08. The highest BCUT2D eigenvalue weighted by molar-refractivity contribution is 5.95. The smallest absolute Gasteiger partial charge is 0.259 e. The fourth-order valence-corrected chi connectivity index (χ4v) is 2.39. The van der Waals surface area contributed by atoms with E-state index < -0.39 is 11.4 Å². The van der Waals surface area contributed by atoms with Crippen molar-refractivity contribution in [3.05, 3.63) is 63.3 Å². The van der Waals surface area contributed by atoms with Gasteiger partial charge in [0.1, 0.15) is 23.0 Å². The molecule has 2 aromatic heterocycles. The fraction of sp³-hybridized carbons (Fsp3) is 0.0625. The van der Waals surface area contributed by atoms with Gasteiger partial charge >= 0.3 is 0 Å². The van der Waals surface area contributed by atoms with Gasteiger partial charge in [-0.1, -0.05) is 12.1 Å². The van der Waals surface area contributed by atoms with Crippen LogP contribution in [0.15, 0.2) is 39.5 Å². The topological polar surface area (TPSA) is 93.6 Å². The first kappa shape index (κ1) is 13.8. The molecule has 0 saturated carbocycles. The van der Waals surface area contributed by atoms with Gasteiger partial charge in [-0.2, -0.15) is 5.26 Å². The van der Waals surface area contributed by atoms with Crippen LogP contribution in [0.5, 0.6) is 0 Å². The van der Waals surface area contributed by atoms with Crippen LogP contribution in [0.25, 0.3) is 22.1 Å². The number of nitrogens with zero attached hydrogens (tertiary/aromatic N) is 1. The minimum absolute atomic E-state index is 0.0616. The Kier molecular flexibility index (Phi) is 3.11. The summed E-state index contributed by atoms with van der Waals surface area (Å²) in [5.41, 5.74) is 0.721. The van der Waals surface area contributed by atoms with Crippen LogP contribution in [-0.4, -0.2) is 4.98 Å². The first-order valence-electron chi connectivity index (χ1n) is 6.42.